The zero-order chi connectivity index (χ0) is 13.8. The van der Waals surface area contributed by atoms with Crippen molar-refractivity contribution in [3.8, 4) is 11.1 Å². The van der Waals surface area contributed by atoms with Gasteiger partial charge in [0.25, 0.3) is 0 Å². The minimum Gasteiger partial charge on any atom is -0.462 e. The first-order chi connectivity index (χ1) is 9.15. The fourth-order valence-electron chi connectivity index (χ4n) is 1.78. The molecule has 0 unspecified atom stereocenters. The number of ether oxygens (including phenoxy) is 1. The molecule has 98 valence electrons. The van der Waals surface area contributed by atoms with Crippen molar-refractivity contribution in [2.45, 2.75) is 6.92 Å². The van der Waals surface area contributed by atoms with Crippen molar-refractivity contribution in [3.05, 3.63) is 58.9 Å². The normalized spacial score (nSPS) is 10.3. The van der Waals surface area contributed by atoms with E-state index in [2.05, 4.69) is 0 Å². The summed E-state index contributed by atoms with van der Waals surface area (Å²) in [5.41, 5.74) is 0.792. The molecule has 0 saturated carbocycles. The smallest absolute Gasteiger partial charge is 0.342 e. The van der Waals surface area contributed by atoms with E-state index in [-0.39, 0.29) is 17.2 Å². The molecule has 4 heteroatoms. The van der Waals surface area contributed by atoms with Crippen molar-refractivity contribution in [1.29, 1.82) is 0 Å². The Morgan fingerprint density at radius 3 is 2.53 bits per heavy atom. The Hall–Kier alpha value is -1.87. The van der Waals surface area contributed by atoms with Crippen molar-refractivity contribution in [2.75, 3.05) is 6.61 Å². The van der Waals surface area contributed by atoms with Gasteiger partial charge in [0.1, 0.15) is 11.4 Å². The van der Waals surface area contributed by atoms with Crippen LogP contribution in [0.4, 0.5) is 4.39 Å². The van der Waals surface area contributed by atoms with E-state index in [1.54, 1.807) is 37.3 Å². The molecule has 0 radical (unpaired) electrons. The van der Waals surface area contributed by atoms with E-state index in [1.807, 2.05) is 6.07 Å². The van der Waals surface area contributed by atoms with Crippen LogP contribution in [0, 0.1) is 5.82 Å². The fraction of sp³-hybridized carbons (Fsp3) is 0.133. The second-order valence-electron chi connectivity index (χ2n) is 3.87. The highest BCUT2D eigenvalue weighted by atomic mass is 35.5. The molecule has 0 amide bonds. The molecule has 0 bridgehead atoms. The van der Waals surface area contributed by atoms with Gasteiger partial charge in [-0.25, -0.2) is 9.18 Å². The Balaban J connectivity index is 2.55. The largest absolute Gasteiger partial charge is 0.462 e. The van der Waals surface area contributed by atoms with Gasteiger partial charge < -0.3 is 4.74 Å². The van der Waals surface area contributed by atoms with Gasteiger partial charge in [-0.2, -0.15) is 0 Å². The summed E-state index contributed by atoms with van der Waals surface area (Å²) in [7, 11) is 0. The lowest BCUT2D eigenvalue weighted by Gasteiger charge is -2.09. The van der Waals surface area contributed by atoms with Crippen LogP contribution in [0.25, 0.3) is 11.1 Å². The lowest BCUT2D eigenvalue weighted by molar-refractivity contribution is 0.0521. The molecule has 2 aromatic rings. The van der Waals surface area contributed by atoms with Crippen LogP contribution in [0.3, 0.4) is 0 Å². The third-order valence-corrected chi connectivity index (χ3v) is 2.97. The summed E-state index contributed by atoms with van der Waals surface area (Å²) in [6, 6.07) is 12.0. The Morgan fingerprint density at radius 2 is 1.89 bits per heavy atom. The van der Waals surface area contributed by atoms with Gasteiger partial charge in [-0.3, -0.25) is 0 Å². The Bertz CT molecular complexity index is 597. The molecule has 0 aliphatic heterocycles. The van der Waals surface area contributed by atoms with E-state index in [1.165, 1.54) is 6.07 Å². The summed E-state index contributed by atoms with van der Waals surface area (Å²) >= 11 is 5.88. The number of carbonyl (C=O) groups excluding carboxylic acids is 1. The number of carbonyl (C=O) groups is 1. The number of halogens is 2. The Morgan fingerprint density at radius 1 is 1.21 bits per heavy atom. The second kappa shape index (κ2) is 5.85. The first-order valence-corrected chi connectivity index (χ1v) is 6.23. The standard InChI is InChI=1S/C15H12ClFO2/c1-2-19-15(18)13-12(16)9-8-11(14(13)17)10-6-4-3-5-7-10/h3-9H,2H2,1H3. The highest BCUT2D eigenvalue weighted by molar-refractivity contribution is 6.33. The molecule has 0 aromatic heterocycles. The van der Waals surface area contributed by atoms with Gasteiger partial charge in [0.15, 0.2) is 0 Å². The maximum absolute atomic E-state index is 14.4. The van der Waals surface area contributed by atoms with E-state index >= 15 is 0 Å². The molecular weight excluding hydrogens is 267 g/mol. The van der Waals surface area contributed by atoms with Gasteiger partial charge in [-0.1, -0.05) is 41.9 Å². The van der Waals surface area contributed by atoms with Crippen LogP contribution in [0.5, 0.6) is 0 Å². The fourth-order valence-corrected chi connectivity index (χ4v) is 2.01. The van der Waals surface area contributed by atoms with Crippen LogP contribution < -0.4 is 0 Å². The molecule has 0 aliphatic carbocycles. The van der Waals surface area contributed by atoms with Gasteiger partial charge in [-0.05, 0) is 24.6 Å². The summed E-state index contributed by atoms with van der Waals surface area (Å²) in [4.78, 5) is 11.7. The number of hydrogen-bond acceptors (Lipinski definition) is 2. The van der Waals surface area contributed by atoms with E-state index in [0.717, 1.165) is 0 Å². The van der Waals surface area contributed by atoms with Gasteiger partial charge in [0, 0.05) is 5.56 Å². The SMILES string of the molecule is CCOC(=O)c1c(Cl)ccc(-c2ccccc2)c1F. The quantitative estimate of drug-likeness (QED) is 0.782. The number of hydrogen-bond donors (Lipinski definition) is 0. The summed E-state index contributed by atoms with van der Waals surface area (Å²) < 4.78 is 19.2. The predicted octanol–water partition coefficient (Wildman–Crippen LogP) is 4.32. The minimum atomic E-state index is -0.747. The molecule has 2 aromatic carbocycles. The molecule has 0 saturated heterocycles. The van der Waals surface area contributed by atoms with Gasteiger partial charge in [-0.15, -0.1) is 0 Å². The van der Waals surface area contributed by atoms with Gasteiger partial charge >= 0.3 is 5.97 Å². The minimum absolute atomic E-state index is 0.0515. The highest BCUT2D eigenvalue weighted by Gasteiger charge is 2.20. The number of esters is 1. The average Bonchev–Trinajstić information content (AvgIpc) is 2.40. The molecule has 0 heterocycles. The van der Waals surface area contributed by atoms with E-state index in [9.17, 15) is 9.18 Å². The summed E-state index contributed by atoms with van der Waals surface area (Å²) in [5.74, 6) is -1.40. The monoisotopic (exact) mass is 278 g/mol. The molecule has 2 rings (SSSR count). The molecule has 0 fully saturated rings. The van der Waals surface area contributed by atoms with E-state index in [0.29, 0.717) is 11.1 Å². The first-order valence-electron chi connectivity index (χ1n) is 5.85. The lowest BCUT2D eigenvalue weighted by Crippen LogP contribution is -2.09. The Kier molecular flexibility index (Phi) is 4.17. The summed E-state index contributed by atoms with van der Waals surface area (Å²) in [5, 5.41) is 0.0515. The van der Waals surface area contributed by atoms with Crippen molar-refractivity contribution >= 4 is 17.6 Å². The topological polar surface area (TPSA) is 26.3 Å². The Labute approximate surface area is 115 Å². The second-order valence-corrected chi connectivity index (χ2v) is 4.28. The van der Waals surface area contributed by atoms with Crippen LogP contribution in [0.2, 0.25) is 5.02 Å². The van der Waals surface area contributed by atoms with Crippen molar-refractivity contribution < 1.29 is 13.9 Å². The van der Waals surface area contributed by atoms with Gasteiger partial charge in [0.2, 0.25) is 0 Å². The summed E-state index contributed by atoms with van der Waals surface area (Å²) in [6.45, 7) is 1.83. The van der Waals surface area contributed by atoms with Gasteiger partial charge in [0.05, 0.1) is 11.6 Å². The molecule has 0 atom stereocenters. The molecule has 0 N–H and O–H groups in total. The van der Waals surface area contributed by atoms with Crippen molar-refractivity contribution in [2.24, 2.45) is 0 Å². The third-order valence-electron chi connectivity index (χ3n) is 2.66. The average molecular weight is 279 g/mol. The maximum Gasteiger partial charge on any atom is 0.342 e. The zero-order valence-corrected chi connectivity index (χ0v) is 11.1. The van der Waals surface area contributed by atoms with Crippen molar-refractivity contribution in [1.82, 2.24) is 0 Å². The zero-order valence-electron chi connectivity index (χ0n) is 10.3. The van der Waals surface area contributed by atoms with Crippen LogP contribution >= 0.6 is 11.6 Å². The molecule has 0 spiro atoms. The molecular formula is C15H12ClFO2. The lowest BCUT2D eigenvalue weighted by atomic mass is 10.0. The molecule has 2 nitrogen and oxygen atoms in total. The third kappa shape index (κ3) is 2.76. The number of benzene rings is 2. The first kappa shape index (κ1) is 13.6. The van der Waals surface area contributed by atoms with Crippen LogP contribution in [0.1, 0.15) is 17.3 Å². The van der Waals surface area contributed by atoms with Crippen LogP contribution in [0.15, 0.2) is 42.5 Å². The molecule has 19 heavy (non-hydrogen) atoms. The maximum atomic E-state index is 14.4. The number of rotatable bonds is 3. The van der Waals surface area contributed by atoms with Crippen LogP contribution in [-0.2, 0) is 4.74 Å². The van der Waals surface area contributed by atoms with Crippen LogP contribution in [-0.4, -0.2) is 12.6 Å². The van der Waals surface area contributed by atoms with Crippen molar-refractivity contribution in [3.63, 3.8) is 0 Å². The van der Waals surface area contributed by atoms with E-state index < -0.39 is 11.8 Å². The highest BCUT2D eigenvalue weighted by Crippen LogP contribution is 2.29. The molecule has 0 aliphatic rings. The predicted molar refractivity (Wildman–Crippen MR) is 72.8 cm³/mol. The van der Waals surface area contributed by atoms with E-state index in [4.69, 9.17) is 16.3 Å². The summed E-state index contributed by atoms with van der Waals surface area (Å²) in [6.07, 6.45) is 0.